The van der Waals surface area contributed by atoms with Gasteiger partial charge >= 0.3 is 0 Å². The Kier molecular flexibility index (Phi) is 5.84. The number of sulfone groups is 1. The Morgan fingerprint density at radius 2 is 1.72 bits per heavy atom. The Hall–Kier alpha value is -1.37. The van der Waals surface area contributed by atoms with Crippen molar-refractivity contribution < 1.29 is 8.42 Å². The number of hydrogen-bond donors (Lipinski definition) is 2. The van der Waals surface area contributed by atoms with E-state index in [9.17, 15) is 8.42 Å². The number of hydrogen-bond acceptors (Lipinski definition) is 6. The van der Waals surface area contributed by atoms with Gasteiger partial charge in [-0.1, -0.05) is 13.8 Å². The molecule has 0 saturated heterocycles. The van der Waals surface area contributed by atoms with Crippen LogP contribution >= 0.6 is 0 Å². The first-order chi connectivity index (χ1) is 8.57. The molecule has 2 N–H and O–H groups in total. The zero-order valence-electron chi connectivity index (χ0n) is 10.8. The third-order valence-electron chi connectivity index (χ3n) is 2.35. The lowest BCUT2D eigenvalue weighted by atomic mass is 10.5. The van der Waals surface area contributed by atoms with Gasteiger partial charge in [0.2, 0.25) is 0 Å². The molecule has 0 unspecified atom stereocenters. The number of aromatic nitrogens is 2. The van der Waals surface area contributed by atoms with Crippen molar-refractivity contribution in [3.05, 3.63) is 12.4 Å². The van der Waals surface area contributed by atoms with Crippen LogP contribution in [0, 0.1) is 0 Å². The molecule has 1 rings (SSSR count). The number of nitrogens with zero attached hydrogens (tertiary/aromatic N) is 2. The van der Waals surface area contributed by atoms with Gasteiger partial charge in [0.1, 0.15) is 11.6 Å². The first kappa shape index (κ1) is 14.7. The highest BCUT2D eigenvalue weighted by Gasteiger charge is 2.06. The van der Waals surface area contributed by atoms with Crippen LogP contribution in [0.1, 0.15) is 20.3 Å². The van der Waals surface area contributed by atoms with E-state index in [0.29, 0.717) is 18.2 Å². The van der Waals surface area contributed by atoms with Crippen molar-refractivity contribution in [3.8, 4) is 0 Å². The molecule has 0 saturated carbocycles. The molecule has 0 atom stereocenters. The second-order valence-corrected chi connectivity index (χ2v) is 6.35. The van der Waals surface area contributed by atoms with Crippen molar-refractivity contribution >= 4 is 21.5 Å². The van der Waals surface area contributed by atoms with Crippen molar-refractivity contribution in [2.24, 2.45) is 0 Å². The average Bonchev–Trinajstić information content (AvgIpc) is 2.37. The van der Waals surface area contributed by atoms with E-state index in [-0.39, 0.29) is 11.5 Å². The van der Waals surface area contributed by atoms with E-state index in [1.807, 2.05) is 0 Å². The normalized spacial score (nSPS) is 11.2. The van der Waals surface area contributed by atoms with Gasteiger partial charge in [0.05, 0.1) is 18.1 Å². The first-order valence-corrected chi connectivity index (χ1v) is 7.89. The van der Waals surface area contributed by atoms with E-state index in [1.165, 1.54) is 0 Å². The average molecular weight is 272 g/mol. The predicted octanol–water partition coefficient (Wildman–Crippen LogP) is 1.15. The van der Waals surface area contributed by atoms with E-state index in [2.05, 4.69) is 27.5 Å². The maximum atomic E-state index is 11.3. The standard InChI is InChI=1S/C11H20N4O2S/c1-3-5-13-10-8-12-9-11(15-10)14-6-7-18(16,17)4-2/h8-9H,3-7H2,1-2H3,(H2,13,14,15). The zero-order valence-corrected chi connectivity index (χ0v) is 11.6. The Bertz CT molecular complexity index is 462. The van der Waals surface area contributed by atoms with Gasteiger partial charge < -0.3 is 10.6 Å². The highest BCUT2D eigenvalue weighted by Crippen LogP contribution is 2.06. The summed E-state index contributed by atoms with van der Waals surface area (Å²) in [6.45, 7) is 4.90. The summed E-state index contributed by atoms with van der Waals surface area (Å²) in [4.78, 5) is 8.31. The summed E-state index contributed by atoms with van der Waals surface area (Å²) in [5.74, 6) is 1.55. The molecule has 18 heavy (non-hydrogen) atoms. The Balaban J connectivity index is 2.47. The Morgan fingerprint density at radius 3 is 2.28 bits per heavy atom. The summed E-state index contributed by atoms with van der Waals surface area (Å²) in [5, 5.41) is 6.08. The summed E-state index contributed by atoms with van der Waals surface area (Å²) in [6, 6.07) is 0. The minimum Gasteiger partial charge on any atom is -0.369 e. The Labute approximate surface area is 108 Å². The Morgan fingerprint density at radius 1 is 1.11 bits per heavy atom. The fourth-order valence-electron chi connectivity index (χ4n) is 1.27. The maximum absolute atomic E-state index is 11.3. The SMILES string of the molecule is CCCNc1cncc(NCCS(=O)(=O)CC)n1. The summed E-state index contributed by atoms with van der Waals surface area (Å²) in [5.41, 5.74) is 0. The molecule has 1 aromatic heterocycles. The molecular weight excluding hydrogens is 252 g/mol. The fraction of sp³-hybridized carbons (Fsp3) is 0.636. The molecule has 6 nitrogen and oxygen atoms in total. The lowest BCUT2D eigenvalue weighted by Crippen LogP contribution is -2.18. The minimum absolute atomic E-state index is 0.109. The third kappa shape index (κ3) is 5.31. The molecule has 0 spiro atoms. The van der Waals surface area contributed by atoms with Gasteiger partial charge in [0.25, 0.3) is 0 Å². The summed E-state index contributed by atoms with van der Waals surface area (Å²) >= 11 is 0. The first-order valence-electron chi connectivity index (χ1n) is 6.07. The van der Waals surface area contributed by atoms with E-state index in [1.54, 1.807) is 19.3 Å². The van der Waals surface area contributed by atoms with Crippen molar-refractivity contribution in [1.29, 1.82) is 0 Å². The van der Waals surface area contributed by atoms with Gasteiger partial charge in [-0.25, -0.2) is 13.4 Å². The molecule has 0 radical (unpaired) electrons. The molecule has 0 amide bonds. The minimum atomic E-state index is -2.94. The molecule has 0 aliphatic carbocycles. The van der Waals surface area contributed by atoms with Gasteiger partial charge in [0.15, 0.2) is 9.84 Å². The largest absolute Gasteiger partial charge is 0.369 e. The fourth-order valence-corrected chi connectivity index (χ4v) is 1.97. The molecule has 0 fully saturated rings. The van der Waals surface area contributed by atoms with Crippen LogP contribution in [-0.4, -0.2) is 43.0 Å². The van der Waals surface area contributed by atoms with Crippen molar-refractivity contribution in [2.75, 3.05) is 35.2 Å². The highest BCUT2D eigenvalue weighted by molar-refractivity contribution is 7.91. The molecule has 1 aromatic rings. The van der Waals surface area contributed by atoms with Gasteiger partial charge in [-0.15, -0.1) is 0 Å². The topological polar surface area (TPSA) is 84.0 Å². The summed E-state index contributed by atoms with van der Waals surface area (Å²) < 4.78 is 22.6. The van der Waals surface area contributed by atoms with Crippen LogP contribution in [0.2, 0.25) is 0 Å². The zero-order chi connectivity index (χ0) is 13.4. The maximum Gasteiger partial charge on any atom is 0.151 e. The second-order valence-electron chi connectivity index (χ2n) is 3.88. The molecule has 7 heteroatoms. The van der Waals surface area contributed by atoms with Crippen LogP contribution in [-0.2, 0) is 9.84 Å². The third-order valence-corrected chi connectivity index (χ3v) is 4.06. The number of anilines is 2. The number of nitrogens with one attached hydrogen (secondary N) is 2. The van der Waals surface area contributed by atoms with Crippen molar-refractivity contribution in [3.63, 3.8) is 0 Å². The van der Waals surface area contributed by atoms with Crippen LogP contribution in [0.3, 0.4) is 0 Å². The van der Waals surface area contributed by atoms with Crippen LogP contribution in [0.25, 0.3) is 0 Å². The summed E-state index contributed by atoms with van der Waals surface area (Å²) in [6.07, 6.45) is 4.23. The summed E-state index contributed by atoms with van der Waals surface area (Å²) in [7, 11) is -2.94. The van der Waals surface area contributed by atoms with E-state index in [0.717, 1.165) is 13.0 Å². The van der Waals surface area contributed by atoms with E-state index < -0.39 is 9.84 Å². The highest BCUT2D eigenvalue weighted by atomic mass is 32.2. The van der Waals surface area contributed by atoms with Crippen LogP contribution in [0.5, 0.6) is 0 Å². The molecule has 0 bridgehead atoms. The molecule has 0 aliphatic heterocycles. The smallest absolute Gasteiger partial charge is 0.151 e. The monoisotopic (exact) mass is 272 g/mol. The van der Waals surface area contributed by atoms with Gasteiger partial charge in [0, 0.05) is 18.8 Å². The van der Waals surface area contributed by atoms with Crippen LogP contribution in [0.15, 0.2) is 12.4 Å². The predicted molar refractivity (Wildman–Crippen MR) is 73.6 cm³/mol. The number of rotatable bonds is 8. The van der Waals surface area contributed by atoms with Gasteiger partial charge in [-0.2, -0.15) is 0 Å². The molecule has 0 aliphatic rings. The quantitative estimate of drug-likeness (QED) is 0.738. The molecule has 102 valence electrons. The lowest BCUT2D eigenvalue weighted by molar-refractivity contribution is 0.597. The lowest BCUT2D eigenvalue weighted by Gasteiger charge is -2.07. The van der Waals surface area contributed by atoms with Gasteiger partial charge in [-0.05, 0) is 6.42 Å². The van der Waals surface area contributed by atoms with Crippen LogP contribution in [0.4, 0.5) is 11.6 Å². The van der Waals surface area contributed by atoms with E-state index >= 15 is 0 Å². The van der Waals surface area contributed by atoms with Crippen molar-refractivity contribution in [1.82, 2.24) is 9.97 Å². The molecule has 0 aromatic carbocycles. The molecule has 1 heterocycles. The second kappa shape index (κ2) is 7.15. The van der Waals surface area contributed by atoms with Crippen molar-refractivity contribution in [2.45, 2.75) is 20.3 Å². The molecular formula is C11H20N4O2S. The van der Waals surface area contributed by atoms with Gasteiger partial charge in [-0.3, -0.25) is 4.98 Å². The van der Waals surface area contributed by atoms with E-state index in [4.69, 9.17) is 0 Å². The van der Waals surface area contributed by atoms with Crippen LogP contribution < -0.4 is 10.6 Å².